The summed E-state index contributed by atoms with van der Waals surface area (Å²) in [5.41, 5.74) is -0.135. The predicted octanol–water partition coefficient (Wildman–Crippen LogP) is 1.18. The van der Waals surface area contributed by atoms with Gasteiger partial charge in [0.1, 0.15) is 11.1 Å². The smallest absolute Gasteiger partial charge is 0.349 e. The first-order valence-electron chi connectivity index (χ1n) is 6.73. The van der Waals surface area contributed by atoms with E-state index in [4.69, 9.17) is 9.15 Å². The van der Waals surface area contributed by atoms with Gasteiger partial charge in [0.15, 0.2) is 0 Å². The zero-order valence-electron chi connectivity index (χ0n) is 12.3. The Kier molecular flexibility index (Phi) is 7.59. The van der Waals surface area contributed by atoms with E-state index in [1.807, 2.05) is 6.07 Å². The zero-order valence-corrected chi connectivity index (χ0v) is 13.1. The maximum atomic E-state index is 12.0. The van der Waals surface area contributed by atoms with Gasteiger partial charge in [-0.25, -0.2) is 4.79 Å². The summed E-state index contributed by atoms with van der Waals surface area (Å²) in [7, 11) is 1.63. The number of fused-ring (bicyclic) bond motifs is 1. The normalized spacial score (nSPS) is 10.2. The Hall–Kier alpha value is -1.89. The number of halogens is 1. The number of methoxy groups -OCH3 is 1. The summed E-state index contributed by atoms with van der Waals surface area (Å²) in [6, 6.07) is 8.63. The van der Waals surface area contributed by atoms with Crippen LogP contribution >= 0.6 is 12.4 Å². The molecule has 0 saturated carbocycles. The molecule has 22 heavy (non-hydrogen) atoms. The van der Waals surface area contributed by atoms with Gasteiger partial charge < -0.3 is 19.8 Å². The molecule has 0 spiro atoms. The van der Waals surface area contributed by atoms with Crippen LogP contribution in [0.5, 0.6) is 0 Å². The highest BCUT2D eigenvalue weighted by molar-refractivity contribution is 5.96. The number of hydrogen-bond acceptors (Lipinski definition) is 5. The lowest BCUT2D eigenvalue weighted by Gasteiger charge is -2.06. The monoisotopic (exact) mass is 326 g/mol. The topological polar surface area (TPSA) is 80.6 Å². The van der Waals surface area contributed by atoms with Crippen molar-refractivity contribution in [3.63, 3.8) is 0 Å². The summed E-state index contributed by atoms with van der Waals surface area (Å²) in [5.74, 6) is -0.428. The van der Waals surface area contributed by atoms with E-state index >= 15 is 0 Å². The molecular weight excluding hydrogens is 308 g/mol. The SMILES string of the molecule is COCCNCCNC(=O)c1cc2ccccc2oc1=O.Cl. The summed E-state index contributed by atoms with van der Waals surface area (Å²) in [6.07, 6.45) is 0. The number of carbonyl (C=O) groups excluding carboxylic acids is 1. The molecule has 0 aliphatic rings. The Balaban J connectivity index is 0.00000242. The minimum atomic E-state index is -0.626. The molecule has 120 valence electrons. The molecule has 0 unspecified atom stereocenters. The van der Waals surface area contributed by atoms with Gasteiger partial charge in [-0.15, -0.1) is 12.4 Å². The first-order chi connectivity index (χ1) is 10.2. The fraction of sp³-hybridized carbons (Fsp3) is 0.333. The number of benzene rings is 1. The van der Waals surface area contributed by atoms with Gasteiger partial charge in [-0.1, -0.05) is 18.2 Å². The van der Waals surface area contributed by atoms with Crippen LogP contribution in [-0.4, -0.2) is 39.3 Å². The highest BCUT2D eigenvalue weighted by Crippen LogP contribution is 2.12. The molecule has 1 heterocycles. The van der Waals surface area contributed by atoms with E-state index in [2.05, 4.69) is 10.6 Å². The van der Waals surface area contributed by atoms with Crippen molar-refractivity contribution in [3.8, 4) is 0 Å². The first kappa shape index (κ1) is 18.2. The fourth-order valence-corrected chi connectivity index (χ4v) is 1.88. The van der Waals surface area contributed by atoms with Crippen LogP contribution in [0.1, 0.15) is 10.4 Å². The molecule has 0 aliphatic heterocycles. The molecule has 2 N–H and O–H groups in total. The maximum Gasteiger partial charge on any atom is 0.349 e. The van der Waals surface area contributed by atoms with E-state index < -0.39 is 11.5 Å². The van der Waals surface area contributed by atoms with Crippen LogP contribution in [0.4, 0.5) is 0 Å². The van der Waals surface area contributed by atoms with Gasteiger partial charge in [0.25, 0.3) is 5.91 Å². The molecule has 2 aromatic rings. The lowest BCUT2D eigenvalue weighted by Crippen LogP contribution is -2.35. The van der Waals surface area contributed by atoms with Crippen molar-refractivity contribution in [3.05, 3.63) is 46.3 Å². The Morgan fingerprint density at radius 3 is 2.77 bits per heavy atom. The predicted molar refractivity (Wildman–Crippen MR) is 86.8 cm³/mol. The number of para-hydroxylation sites is 1. The minimum absolute atomic E-state index is 0. The standard InChI is InChI=1S/C15H18N2O4.ClH/c1-20-9-8-16-6-7-17-14(18)12-10-11-4-2-3-5-13(11)21-15(12)19;/h2-5,10,16H,6-9H2,1H3,(H,17,18);1H. The Morgan fingerprint density at radius 2 is 2.00 bits per heavy atom. The third-order valence-electron chi connectivity index (χ3n) is 2.96. The second-order valence-electron chi connectivity index (χ2n) is 4.48. The molecule has 1 aromatic heterocycles. The third kappa shape index (κ3) is 4.84. The molecule has 0 saturated heterocycles. The van der Waals surface area contributed by atoms with Crippen molar-refractivity contribution >= 4 is 29.3 Å². The molecule has 0 atom stereocenters. The van der Waals surface area contributed by atoms with Crippen LogP contribution in [-0.2, 0) is 4.74 Å². The zero-order chi connectivity index (χ0) is 15.1. The molecule has 7 heteroatoms. The quantitative estimate of drug-likeness (QED) is 0.590. The largest absolute Gasteiger partial charge is 0.422 e. The Bertz CT molecular complexity index is 672. The summed E-state index contributed by atoms with van der Waals surface area (Å²) < 4.78 is 10.0. The minimum Gasteiger partial charge on any atom is -0.422 e. The van der Waals surface area contributed by atoms with Crippen molar-refractivity contribution in [2.24, 2.45) is 0 Å². The summed E-state index contributed by atoms with van der Waals surface area (Å²) in [6.45, 7) is 2.36. The van der Waals surface area contributed by atoms with Crippen LogP contribution in [0.25, 0.3) is 11.0 Å². The third-order valence-corrected chi connectivity index (χ3v) is 2.96. The van der Waals surface area contributed by atoms with Crippen molar-refractivity contribution in [1.82, 2.24) is 10.6 Å². The van der Waals surface area contributed by atoms with Gasteiger partial charge in [0.05, 0.1) is 6.61 Å². The molecule has 0 radical (unpaired) electrons. The first-order valence-corrected chi connectivity index (χ1v) is 6.73. The second-order valence-corrected chi connectivity index (χ2v) is 4.48. The van der Waals surface area contributed by atoms with E-state index in [9.17, 15) is 9.59 Å². The lowest BCUT2D eigenvalue weighted by atomic mass is 10.2. The number of nitrogens with one attached hydrogen (secondary N) is 2. The van der Waals surface area contributed by atoms with Crippen molar-refractivity contribution in [1.29, 1.82) is 0 Å². The highest BCUT2D eigenvalue weighted by Gasteiger charge is 2.12. The number of hydrogen-bond donors (Lipinski definition) is 2. The van der Waals surface area contributed by atoms with E-state index in [0.29, 0.717) is 31.8 Å². The molecule has 0 fully saturated rings. The van der Waals surface area contributed by atoms with Crippen molar-refractivity contribution in [2.45, 2.75) is 0 Å². The van der Waals surface area contributed by atoms with Crippen LogP contribution in [0.15, 0.2) is 39.5 Å². The van der Waals surface area contributed by atoms with Crippen LogP contribution in [0.2, 0.25) is 0 Å². The van der Waals surface area contributed by atoms with Gasteiger partial charge in [0.2, 0.25) is 0 Å². The number of rotatable bonds is 7. The van der Waals surface area contributed by atoms with E-state index in [1.165, 1.54) is 0 Å². The van der Waals surface area contributed by atoms with Gasteiger partial charge >= 0.3 is 5.63 Å². The Morgan fingerprint density at radius 1 is 1.23 bits per heavy atom. The van der Waals surface area contributed by atoms with Gasteiger partial charge in [0, 0.05) is 32.1 Å². The second kappa shape index (κ2) is 9.19. The van der Waals surface area contributed by atoms with Gasteiger partial charge in [-0.05, 0) is 12.1 Å². The average Bonchev–Trinajstić information content (AvgIpc) is 2.49. The Labute approximate surface area is 134 Å². The van der Waals surface area contributed by atoms with E-state index in [0.717, 1.165) is 5.39 Å². The molecule has 0 bridgehead atoms. The molecule has 6 nitrogen and oxygen atoms in total. The van der Waals surface area contributed by atoms with Crippen LogP contribution in [0.3, 0.4) is 0 Å². The molecule has 1 aromatic carbocycles. The highest BCUT2D eigenvalue weighted by atomic mass is 35.5. The van der Waals surface area contributed by atoms with Gasteiger partial charge in [-0.3, -0.25) is 4.79 Å². The number of carbonyl (C=O) groups is 1. The molecule has 0 aliphatic carbocycles. The lowest BCUT2D eigenvalue weighted by molar-refractivity contribution is 0.0950. The molecule has 2 rings (SSSR count). The summed E-state index contributed by atoms with van der Waals surface area (Å²) >= 11 is 0. The molecular formula is C15H19ClN2O4. The van der Waals surface area contributed by atoms with Gasteiger partial charge in [-0.2, -0.15) is 0 Å². The maximum absolute atomic E-state index is 12.0. The van der Waals surface area contributed by atoms with E-state index in [1.54, 1.807) is 31.4 Å². The molecule has 1 amide bonds. The fourth-order valence-electron chi connectivity index (χ4n) is 1.88. The van der Waals surface area contributed by atoms with E-state index in [-0.39, 0.29) is 18.0 Å². The average molecular weight is 327 g/mol. The van der Waals surface area contributed by atoms with Crippen LogP contribution in [0, 0.1) is 0 Å². The van der Waals surface area contributed by atoms with Crippen molar-refractivity contribution in [2.75, 3.05) is 33.4 Å². The van der Waals surface area contributed by atoms with Crippen molar-refractivity contribution < 1.29 is 13.9 Å². The summed E-state index contributed by atoms with van der Waals surface area (Å²) in [5, 5.41) is 6.50. The number of ether oxygens (including phenoxy) is 1. The number of amides is 1. The summed E-state index contributed by atoms with van der Waals surface area (Å²) in [4.78, 5) is 23.8. The van der Waals surface area contributed by atoms with Crippen LogP contribution < -0.4 is 16.3 Å².